The van der Waals surface area contributed by atoms with Gasteiger partial charge >= 0.3 is 0 Å². The Morgan fingerprint density at radius 3 is 2.50 bits per heavy atom. The van der Waals surface area contributed by atoms with Gasteiger partial charge in [0.1, 0.15) is 12.1 Å². The minimum atomic E-state index is 0.885. The van der Waals surface area contributed by atoms with Gasteiger partial charge in [0.15, 0.2) is 0 Å². The van der Waals surface area contributed by atoms with Gasteiger partial charge in [-0.1, -0.05) is 36.4 Å². The molecule has 0 radical (unpaired) electrons. The lowest BCUT2D eigenvalue weighted by Gasteiger charge is -2.00. The Kier molecular flexibility index (Phi) is 2.65. The molecular weight excluding hydrogens is 222 g/mol. The molecule has 88 valence electrons. The minimum absolute atomic E-state index is 0.885. The third-order valence-corrected chi connectivity index (χ3v) is 2.81. The predicted octanol–water partition coefficient (Wildman–Crippen LogP) is 3.24. The molecule has 3 aromatic rings. The first-order valence-corrected chi connectivity index (χ1v) is 5.85. The molecule has 0 aliphatic rings. The van der Waals surface area contributed by atoms with Gasteiger partial charge in [-0.3, -0.25) is 4.57 Å². The number of benzene rings is 1. The lowest BCUT2D eigenvalue weighted by molar-refractivity contribution is 0.988. The van der Waals surface area contributed by atoms with Gasteiger partial charge in [-0.15, -0.1) is 0 Å². The molecule has 0 bridgehead atoms. The predicted molar refractivity (Wildman–Crippen MR) is 71.5 cm³/mol. The number of aromatic nitrogens is 3. The molecule has 0 spiro atoms. The highest BCUT2D eigenvalue weighted by molar-refractivity contribution is 5.58. The lowest BCUT2D eigenvalue weighted by Crippen LogP contribution is -1.93. The molecule has 0 atom stereocenters. The van der Waals surface area contributed by atoms with Gasteiger partial charge in [0.25, 0.3) is 0 Å². The van der Waals surface area contributed by atoms with Crippen molar-refractivity contribution in [2.45, 2.75) is 6.92 Å². The van der Waals surface area contributed by atoms with Crippen molar-refractivity contribution in [3.8, 4) is 17.1 Å². The number of imidazole rings is 1. The van der Waals surface area contributed by atoms with E-state index in [1.54, 1.807) is 6.33 Å². The molecule has 0 saturated heterocycles. The summed E-state index contributed by atoms with van der Waals surface area (Å²) in [4.78, 5) is 8.79. The smallest absolute Gasteiger partial charge is 0.137 e. The summed E-state index contributed by atoms with van der Waals surface area (Å²) in [6.45, 7) is 2.03. The van der Waals surface area contributed by atoms with Crippen LogP contribution in [0.3, 0.4) is 0 Å². The lowest BCUT2D eigenvalue weighted by atomic mass is 10.2. The van der Waals surface area contributed by atoms with Crippen LogP contribution >= 0.6 is 0 Å². The number of rotatable bonds is 2. The van der Waals surface area contributed by atoms with Crippen LogP contribution in [0.5, 0.6) is 0 Å². The summed E-state index contributed by atoms with van der Waals surface area (Å²) in [6.07, 6.45) is 5.64. The van der Waals surface area contributed by atoms with Gasteiger partial charge in [-0.2, -0.15) is 0 Å². The second-order valence-corrected chi connectivity index (χ2v) is 4.23. The first kappa shape index (κ1) is 10.7. The molecule has 1 aromatic carbocycles. The second kappa shape index (κ2) is 4.45. The summed E-state index contributed by atoms with van der Waals surface area (Å²) < 4.78 is 1.93. The van der Waals surface area contributed by atoms with E-state index in [2.05, 4.69) is 22.1 Å². The Bertz CT molecular complexity index is 639. The van der Waals surface area contributed by atoms with Crippen LogP contribution in [0.1, 0.15) is 5.56 Å². The average molecular weight is 235 g/mol. The van der Waals surface area contributed by atoms with Crippen LogP contribution in [0, 0.1) is 6.92 Å². The van der Waals surface area contributed by atoms with Gasteiger partial charge < -0.3 is 0 Å². The van der Waals surface area contributed by atoms with Crippen LogP contribution in [0.4, 0.5) is 0 Å². The quantitative estimate of drug-likeness (QED) is 0.682. The van der Waals surface area contributed by atoms with Crippen LogP contribution in [-0.2, 0) is 0 Å². The van der Waals surface area contributed by atoms with Crippen LogP contribution < -0.4 is 0 Å². The highest BCUT2D eigenvalue weighted by Gasteiger charge is 2.03. The zero-order valence-corrected chi connectivity index (χ0v) is 10.1. The second-order valence-electron chi connectivity index (χ2n) is 4.23. The fourth-order valence-electron chi connectivity index (χ4n) is 1.82. The number of pyridine rings is 1. The molecule has 3 nitrogen and oxygen atoms in total. The van der Waals surface area contributed by atoms with E-state index < -0.39 is 0 Å². The van der Waals surface area contributed by atoms with Crippen molar-refractivity contribution >= 4 is 0 Å². The summed E-state index contributed by atoms with van der Waals surface area (Å²) in [7, 11) is 0. The van der Waals surface area contributed by atoms with E-state index in [0.717, 1.165) is 22.6 Å². The third kappa shape index (κ3) is 2.02. The van der Waals surface area contributed by atoms with Gasteiger partial charge in [-0.25, -0.2) is 9.97 Å². The van der Waals surface area contributed by atoms with Gasteiger partial charge in [-0.05, 0) is 18.6 Å². The van der Waals surface area contributed by atoms with E-state index in [1.807, 2.05) is 54.2 Å². The molecule has 0 aliphatic carbocycles. The topological polar surface area (TPSA) is 30.7 Å². The largest absolute Gasteiger partial charge is 0.290 e. The number of nitrogens with zero attached hydrogens (tertiary/aromatic N) is 3. The van der Waals surface area contributed by atoms with Gasteiger partial charge in [0.05, 0.1) is 5.69 Å². The van der Waals surface area contributed by atoms with Crippen molar-refractivity contribution < 1.29 is 0 Å². The van der Waals surface area contributed by atoms with E-state index in [1.165, 1.54) is 0 Å². The molecule has 3 heteroatoms. The van der Waals surface area contributed by atoms with Gasteiger partial charge in [0.2, 0.25) is 0 Å². The van der Waals surface area contributed by atoms with Crippen molar-refractivity contribution in [2.75, 3.05) is 0 Å². The zero-order valence-electron chi connectivity index (χ0n) is 10.1. The van der Waals surface area contributed by atoms with Crippen LogP contribution in [-0.4, -0.2) is 14.5 Å². The average Bonchev–Trinajstić information content (AvgIpc) is 2.90. The Morgan fingerprint density at radius 1 is 0.944 bits per heavy atom. The Balaban J connectivity index is 1.97. The molecule has 0 N–H and O–H groups in total. The van der Waals surface area contributed by atoms with E-state index in [0.29, 0.717) is 0 Å². The van der Waals surface area contributed by atoms with Crippen LogP contribution in [0.15, 0.2) is 61.2 Å². The maximum atomic E-state index is 4.41. The normalized spacial score (nSPS) is 10.5. The summed E-state index contributed by atoms with van der Waals surface area (Å²) in [6, 6.07) is 14.2. The highest BCUT2D eigenvalue weighted by atomic mass is 15.1. The number of aryl methyl sites for hydroxylation is 1. The summed E-state index contributed by atoms with van der Waals surface area (Å²) in [5.41, 5.74) is 3.23. The summed E-state index contributed by atoms with van der Waals surface area (Å²) >= 11 is 0. The van der Waals surface area contributed by atoms with Crippen LogP contribution in [0.2, 0.25) is 0 Å². The first-order chi connectivity index (χ1) is 8.83. The SMILES string of the molecule is Cc1ccc(-n2cnc(-c3ccccc3)c2)nc1. The number of hydrogen-bond donors (Lipinski definition) is 0. The fourth-order valence-corrected chi connectivity index (χ4v) is 1.82. The first-order valence-electron chi connectivity index (χ1n) is 5.85. The van der Waals surface area contributed by atoms with E-state index in [4.69, 9.17) is 0 Å². The van der Waals surface area contributed by atoms with E-state index in [-0.39, 0.29) is 0 Å². The van der Waals surface area contributed by atoms with Crippen molar-refractivity contribution in [3.63, 3.8) is 0 Å². The van der Waals surface area contributed by atoms with Crippen molar-refractivity contribution in [2.24, 2.45) is 0 Å². The van der Waals surface area contributed by atoms with Crippen LogP contribution in [0.25, 0.3) is 17.1 Å². The van der Waals surface area contributed by atoms with Crippen molar-refractivity contribution in [1.29, 1.82) is 0 Å². The monoisotopic (exact) mass is 235 g/mol. The van der Waals surface area contributed by atoms with Gasteiger partial charge in [0, 0.05) is 18.0 Å². The van der Waals surface area contributed by atoms with E-state index >= 15 is 0 Å². The maximum Gasteiger partial charge on any atom is 0.137 e. The minimum Gasteiger partial charge on any atom is -0.290 e. The van der Waals surface area contributed by atoms with Crippen molar-refractivity contribution in [1.82, 2.24) is 14.5 Å². The molecule has 0 aliphatic heterocycles. The molecule has 0 amide bonds. The molecular formula is C15H13N3. The molecule has 3 rings (SSSR count). The fraction of sp³-hybridized carbons (Fsp3) is 0.0667. The molecule has 0 unspecified atom stereocenters. The maximum absolute atomic E-state index is 4.41. The Labute approximate surface area is 106 Å². The molecule has 0 fully saturated rings. The third-order valence-electron chi connectivity index (χ3n) is 2.81. The molecule has 0 saturated carbocycles. The standard InChI is InChI=1S/C15H13N3/c1-12-7-8-15(16-9-12)18-10-14(17-11-18)13-5-3-2-4-6-13/h2-11H,1H3. The number of hydrogen-bond acceptors (Lipinski definition) is 2. The molecule has 2 heterocycles. The molecule has 2 aromatic heterocycles. The van der Waals surface area contributed by atoms with E-state index in [9.17, 15) is 0 Å². The van der Waals surface area contributed by atoms with Crippen molar-refractivity contribution in [3.05, 3.63) is 66.7 Å². The Morgan fingerprint density at radius 2 is 1.78 bits per heavy atom. The Hall–Kier alpha value is -2.42. The zero-order chi connectivity index (χ0) is 12.4. The highest BCUT2D eigenvalue weighted by Crippen LogP contribution is 2.17. The summed E-state index contributed by atoms with van der Waals surface area (Å²) in [5, 5.41) is 0. The summed E-state index contributed by atoms with van der Waals surface area (Å²) in [5.74, 6) is 0.885. The molecule has 18 heavy (non-hydrogen) atoms.